The highest BCUT2D eigenvalue weighted by atomic mass is 19.1. The van der Waals surface area contributed by atoms with Crippen LogP contribution in [-0.4, -0.2) is 32.5 Å². The monoisotopic (exact) mass is 322 g/mol. The Bertz CT molecular complexity index is 689. The van der Waals surface area contributed by atoms with Crippen molar-refractivity contribution < 1.29 is 14.4 Å². The Morgan fingerprint density at radius 1 is 1.52 bits per heavy atom. The number of aryl methyl sites for hydroxylation is 1. The molecule has 8 heteroatoms. The molecule has 0 aliphatic heterocycles. The highest BCUT2D eigenvalue weighted by molar-refractivity contribution is 5.25. The first-order valence-electron chi connectivity index (χ1n) is 7.21. The Balaban J connectivity index is 1.86. The van der Waals surface area contributed by atoms with Gasteiger partial charge in [-0.2, -0.15) is 5.10 Å². The zero-order valence-electron chi connectivity index (χ0n) is 12.9. The molecule has 0 radical (unpaired) electrons. The Morgan fingerprint density at radius 2 is 2.26 bits per heavy atom. The standard InChI is InChI=1S/C15H19FN4O3/c1-10-3-4-12(5-15(10)16)11(2)17-7-14(21)9-19-8-13(6-18-19)20(22)23/h3-6,8,11,14,17,21H,7,9H2,1-2H3. The normalized spacial score (nSPS) is 13.7. The van der Waals surface area contributed by atoms with Gasteiger partial charge in [-0.15, -0.1) is 0 Å². The summed E-state index contributed by atoms with van der Waals surface area (Å²) in [6, 6.07) is 4.88. The van der Waals surface area contributed by atoms with Crippen molar-refractivity contribution in [3.05, 3.63) is 57.7 Å². The van der Waals surface area contributed by atoms with Crippen LogP contribution in [0.25, 0.3) is 0 Å². The van der Waals surface area contributed by atoms with Crippen molar-refractivity contribution in [1.29, 1.82) is 0 Å². The fourth-order valence-corrected chi connectivity index (χ4v) is 2.14. The summed E-state index contributed by atoms with van der Waals surface area (Å²) >= 11 is 0. The molecule has 0 amide bonds. The van der Waals surface area contributed by atoms with Crippen LogP contribution in [0.1, 0.15) is 24.1 Å². The van der Waals surface area contributed by atoms with Gasteiger partial charge in [-0.25, -0.2) is 4.39 Å². The number of benzene rings is 1. The summed E-state index contributed by atoms with van der Waals surface area (Å²) in [6.07, 6.45) is 1.63. The van der Waals surface area contributed by atoms with E-state index in [1.54, 1.807) is 13.0 Å². The van der Waals surface area contributed by atoms with E-state index >= 15 is 0 Å². The first-order valence-corrected chi connectivity index (χ1v) is 7.21. The van der Waals surface area contributed by atoms with Crippen LogP contribution in [-0.2, 0) is 6.54 Å². The van der Waals surface area contributed by atoms with E-state index in [1.165, 1.54) is 16.9 Å². The molecule has 1 aromatic heterocycles. The first-order chi connectivity index (χ1) is 10.9. The van der Waals surface area contributed by atoms with Gasteiger partial charge in [0.1, 0.15) is 18.2 Å². The summed E-state index contributed by atoms with van der Waals surface area (Å²) in [4.78, 5) is 10.0. The van der Waals surface area contributed by atoms with Crippen LogP contribution in [0.4, 0.5) is 10.1 Å². The first kappa shape index (κ1) is 17.0. The second kappa shape index (κ2) is 7.30. The zero-order chi connectivity index (χ0) is 17.0. The van der Waals surface area contributed by atoms with Gasteiger partial charge in [-0.3, -0.25) is 14.8 Å². The fraction of sp³-hybridized carbons (Fsp3) is 0.400. The zero-order valence-corrected chi connectivity index (χ0v) is 12.9. The molecular formula is C15H19FN4O3. The van der Waals surface area contributed by atoms with Crippen molar-refractivity contribution in [3.8, 4) is 0 Å². The number of aromatic nitrogens is 2. The Kier molecular flexibility index (Phi) is 5.41. The van der Waals surface area contributed by atoms with Crippen LogP contribution in [0.5, 0.6) is 0 Å². The van der Waals surface area contributed by atoms with Crippen LogP contribution in [0, 0.1) is 22.9 Å². The number of nitrogens with one attached hydrogen (secondary N) is 1. The van der Waals surface area contributed by atoms with Crippen LogP contribution >= 0.6 is 0 Å². The van der Waals surface area contributed by atoms with Crippen molar-refractivity contribution in [2.24, 2.45) is 0 Å². The molecular weight excluding hydrogens is 303 g/mol. The van der Waals surface area contributed by atoms with Crippen molar-refractivity contribution >= 4 is 5.69 Å². The smallest absolute Gasteiger partial charge is 0.306 e. The van der Waals surface area contributed by atoms with Crippen molar-refractivity contribution in [2.75, 3.05) is 6.54 Å². The predicted molar refractivity (Wildman–Crippen MR) is 82.4 cm³/mol. The van der Waals surface area contributed by atoms with Gasteiger partial charge in [0.05, 0.1) is 17.6 Å². The fourth-order valence-electron chi connectivity index (χ4n) is 2.14. The number of aliphatic hydroxyl groups is 1. The van der Waals surface area contributed by atoms with E-state index < -0.39 is 11.0 Å². The van der Waals surface area contributed by atoms with Crippen molar-refractivity contribution in [1.82, 2.24) is 15.1 Å². The van der Waals surface area contributed by atoms with E-state index in [0.29, 0.717) is 5.56 Å². The lowest BCUT2D eigenvalue weighted by Crippen LogP contribution is -2.32. The van der Waals surface area contributed by atoms with Gasteiger partial charge in [0.15, 0.2) is 0 Å². The Hall–Kier alpha value is -2.32. The van der Waals surface area contributed by atoms with Crippen LogP contribution in [0.15, 0.2) is 30.6 Å². The van der Waals surface area contributed by atoms with Crippen molar-refractivity contribution in [2.45, 2.75) is 32.5 Å². The summed E-state index contributed by atoms with van der Waals surface area (Å²) < 4.78 is 14.9. The number of hydrogen-bond acceptors (Lipinski definition) is 5. The molecule has 1 aromatic carbocycles. The van der Waals surface area contributed by atoms with Crippen LogP contribution < -0.4 is 5.32 Å². The van der Waals surface area contributed by atoms with Gasteiger partial charge in [-0.05, 0) is 31.0 Å². The summed E-state index contributed by atoms with van der Waals surface area (Å²) in [6.45, 7) is 3.96. The summed E-state index contributed by atoms with van der Waals surface area (Å²) in [5, 5.41) is 27.5. The minimum absolute atomic E-state index is 0.117. The SMILES string of the molecule is Cc1ccc(C(C)NCC(O)Cn2cc([N+](=O)[O-])cn2)cc1F. The largest absolute Gasteiger partial charge is 0.390 e. The van der Waals surface area contributed by atoms with Gasteiger partial charge in [0.25, 0.3) is 0 Å². The highest BCUT2D eigenvalue weighted by Crippen LogP contribution is 2.16. The van der Waals surface area contributed by atoms with Gasteiger partial charge in [0.2, 0.25) is 0 Å². The Morgan fingerprint density at radius 3 is 2.87 bits per heavy atom. The number of rotatable bonds is 7. The molecule has 0 saturated carbocycles. The van der Waals surface area contributed by atoms with Crippen LogP contribution in [0.3, 0.4) is 0 Å². The summed E-state index contributed by atoms with van der Waals surface area (Å²) in [5.74, 6) is -0.263. The average molecular weight is 322 g/mol. The molecule has 2 unspecified atom stereocenters. The third-order valence-electron chi connectivity index (χ3n) is 3.58. The van der Waals surface area contributed by atoms with E-state index in [0.717, 1.165) is 11.8 Å². The van der Waals surface area contributed by atoms with E-state index in [2.05, 4.69) is 10.4 Å². The molecule has 2 atom stereocenters. The molecule has 124 valence electrons. The molecule has 0 bridgehead atoms. The maximum Gasteiger partial charge on any atom is 0.306 e. The van der Waals surface area contributed by atoms with E-state index in [9.17, 15) is 19.6 Å². The van der Waals surface area contributed by atoms with E-state index in [-0.39, 0.29) is 30.6 Å². The van der Waals surface area contributed by atoms with E-state index in [4.69, 9.17) is 0 Å². The molecule has 2 aromatic rings. The molecule has 0 aliphatic carbocycles. The number of nitrogens with zero attached hydrogens (tertiary/aromatic N) is 3. The molecule has 0 fully saturated rings. The summed E-state index contributed by atoms with van der Waals surface area (Å²) in [7, 11) is 0. The maximum absolute atomic E-state index is 13.5. The van der Waals surface area contributed by atoms with Crippen LogP contribution in [0.2, 0.25) is 0 Å². The molecule has 0 aliphatic rings. The third kappa shape index (κ3) is 4.57. The Labute approximate surface area is 132 Å². The number of nitro groups is 1. The second-order valence-corrected chi connectivity index (χ2v) is 5.47. The van der Waals surface area contributed by atoms with Gasteiger partial charge in [-0.1, -0.05) is 12.1 Å². The number of hydrogen-bond donors (Lipinski definition) is 2. The lowest BCUT2D eigenvalue weighted by atomic mass is 10.1. The molecule has 2 rings (SSSR count). The molecule has 2 N–H and O–H groups in total. The van der Waals surface area contributed by atoms with Gasteiger partial charge < -0.3 is 10.4 Å². The molecule has 23 heavy (non-hydrogen) atoms. The minimum Gasteiger partial charge on any atom is -0.390 e. The third-order valence-corrected chi connectivity index (χ3v) is 3.58. The maximum atomic E-state index is 13.5. The topological polar surface area (TPSA) is 93.2 Å². The molecule has 7 nitrogen and oxygen atoms in total. The summed E-state index contributed by atoms with van der Waals surface area (Å²) in [5.41, 5.74) is 1.25. The number of halogens is 1. The lowest BCUT2D eigenvalue weighted by molar-refractivity contribution is -0.385. The minimum atomic E-state index is -0.771. The highest BCUT2D eigenvalue weighted by Gasteiger charge is 2.13. The van der Waals surface area contributed by atoms with Gasteiger partial charge >= 0.3 is 5.69 Å². The number of aliphatic hydroxyl groups excluding tert-OH is 1. The average Bonchev–Trinajstić information content (AvgIpc) is 2.96. The molecule has 0 saturated heterocycles. The lowest BCUT2D eigenvalue weighted by Gasteiger charge is -2.18. The predicted octanol–water partition coefficient (Wildman–Crippen LogP) is 1.95. The van der Waals surface area contributed by atoms with E-state index in [1.807, 2.05) is 13.0 Å². The van der Waals surface area contributed by atoms with Crippen molar-refractivity contribution in [3.63, 3.8) is 0 Å². The van der Waals surface area contributed by atoms with Gasteiger partial charge in [0, 0.05) is 12.6 Å². The molecule has 1 heterocycles. The second-order valence-electron chi connectivity index (χ2n) is 5.47. The quantitative estimate of drug-likeness (QED) is 0.600. The molecule has 0 spiro atoms.